The molecule has 18 heavy (non-hydrogen) atoms. The highest BCUT2D eigenvalue weighted by molar-refractivity contribution is 9.10. The lowest BCUT2D eigenvalue weighted by molar-refractivity contribution is -0.157. The van der Waals surface area contributed by atoms with Crippen molar-refractivity contribution in [3.8, 4) is 0 Å². The second-order valence-corrected chi connectivity index (χ2v) is 5.96. The van der Waals surface area contributed by atoms with Gasteiger partial charge < -0.3 is 10.1 Å². The van der Waals surface area contributed by atoms with Crippen molar-refractivity contribution in [2.45, 2.75) is 26.4 Å². The standard InChI is InChI=1S/C14H18BrNO2/c1-14(7-2-8-16-10-14)13(17)18-9-11-3-5-12(15)6-4-11/h3-6,16H,2,7-10H2,1H3. The molecule has 4 heteroatoms. The second-order valence-electron chi connectivity index (χ2n) is 5.04. The predicted octanol–water partition coefficient (Wildman–Crippen LogP) is 2.88. The number of rotatable bonds is 3. The molecule has 1 saturated heterocycles. The zero-order valence-corrected chi connectivity index (χ0v) is 12.1. The molecule has 0 amide bonds. The van der Waals surface area contributed by atoms with E-state index in [0.717, 1.165) is 29.4 Å². The lowest BCUT2D eigenvalue weighted by atomic mass is 9.83. The molecule has 0 radical (unpaired) electrons. The van der Waals surface area contributed by atoms with E-state index in [4.69, 9.17) is 4.74 Å². The van der Waals surface area contributed by atoms with Crippen LogP contribution in [-0.4, -0.2) is 19.1 Å². The van der Waals surface area contributed by atoms with Crippen LogP contribution in [0, 0.1) is 5.41 Å². The van der Waals surface area contributed by atoms with Crippen molar-refractivity contribution in [1.29, 1.82) is 0 Å². The minimum absolute atomic E-state index is 0.0994. The fourth-order valence-corrected chi connectivity index (χ4v) is 2.40. The van der Waals surface area contributed by atoms with Crippen molar-refractivity contribution in [3.63, 3.8) is 0 Å². The molecule has 98 valence electrons. The number of piperidine rings is 1. The molecule has 0 saturated carbocycles. The second kappa shape index (κ2) is 5.85. The Labute approximate surface area is 116 Å². The largest absolute Gasteiger partial charge is 0.460 e. The first-order valence-electron chi connectivity index (χ1n) is 6.23. The van der Waals surface area contributed by atoms with Crippen molar-refractivity contribution >= 4 is 21.9 Å². The third-order valence-electron chi connectivity index (χ3n) is 3.37. The Balaban J connectivity index is 1.89. The molecule has 1 aliphatic rings. The Morgan fingerprint density at radius 1 is 1.44 bits per heavy atom. The summed E-state index contributed by atoms with van der Waals surface area (Å²) in [5, 5.41) is 3.25. The van der Waals surface area contributed by atoms with E-state index >= 15 is 0 Å². The molecule has 0 spiro atoms. The van der Waals surface area contributed by atoms with Gasteiger partial charge in [-0.05, 0) is 44.0 Å². The van der Waals surface area contributed by atoms with Crippen molar-refractivity contribution in [1.82, 2.24) is 5.32 Å². The van der Waals surface area contributed by atoms with Gasteiger partial charge in [-0.3, -0.25) is 4.79 Å². The molecule has 1 aromatic carbocycles. The topological polar surface area (TPSA) is 38.3 Å². The molecule has 0 aromatic heterocycles. The minimum Gasteiger partial charge on any atom is -0.460 e. The summed E-state index contributed by atoms with van der Waals surface area (Å²) in [5.41, 5.74) is 0.645. The normalized spacial score (nSPS) is 23.7. The van der Waals surface area contributed by atoms with E-state index in [1.165, 1.54) is 0 Å². The van der Waals surface area contributed by atoms with Gasteiger partial charge in [0.15, 0.2) is 0 Å². The van der Waals surface area contributed by atoms with Gasteiger partial charge in [0.1, 0.15) is 6.61 Å². The molecule has 2 rings (SSSR count). The van der Waals surface area contributed by atoms with Crippen molar-refractivity contribution in [2.24, 2.45) is 5.41 Å². The number of halogens is 1. The lowest BCUT2D eigenvalue weighted by Crippen LogP contribution is -2.44. The number of carbonyl (C=O) groups excluding carboxylic acids is 1. The molecule has 1 heterocycles. The van der Waals surface area contributed by atoms with Crippen LogP contribution >= 0.6 is 15.9 Å². The van der Waals surface area contributed by atoms with Crippen LogP contribution in [0.4, 0.5) is 0 Å². The summed E-state index contributed by atoms with van der Waals surface area (Å²) >= 11 is 3.38. The summed E-state index contributed by atoms with van der Waals surface area (Å²) < 4.78 is 6.44. The summed E-state index contributed by atoms with van der Waals surface area (Å²) in [6.45, 7) is 4.03. The van der Waals surface area contributed by atoms with Gasteiger partial charge in [0.05, 0.1) is 5.41 Å². The van der Waals surface area contributed by atoms with Gasteiger partial charge in [-0.15, -0.1) is 0 Å². The Kier molecular flexibility index (Phi) is 4.40. The summed E-state index contributed by atoms with van der Waals surface area (Å²) in [6.07, 6.45) is 1.93. The number of esters is 1. The first kappa shape index (κ1) is 13.6. The van der Waals surface area contributed by atoms with Gasteiger partial charge in [-0.1, -0.05) is 28.1 Å². The maximum absolute atomic E-state index is 12.1. The SMILES string of the molecule is CC1(C(=O)OCc2ccc(Br)cc2)CCCNC1. The Bertz CT molecular complexity index is 410. The molecule has 1 aliphatic heterocycles. The maximum Gasteiger partial charge on any atom is 0.313 e. The van der Waals surface area contributed by atoms with Gasteiger partial charge in [0.2, 0.25) is 0 Å². The molecule has 1 aromatic rings. The average Bonchev–Trinajstić information content (AvgIpc) is 2.38. The quantitative estimate of drug-likeness (QED) is 0.872. The fourth-order valence-electron chi connectivity index (χ4n) is 2.13. The molecule has 1 atom stereocenters. The molecular weight excluding hydrogens is 294 g/mol. The van der Waals surface area contributed by atoms with Gasteiger partial charge >= 0.3 is 5.97 Å². The van der Waals surface area contributed by atoms with Crippen LogP contribution in [0.3, 0.4) is 0 Å². The Hall–Kier alpha value is -0.870. The number of carbonyl (C=O) groups is 1. The maximum atomic E-state index is 12.1. The van der Waals surface area contributed by atoms with Crippen LogP contribution in [0.25, 0.3) is 0 Å². The van der Waals surface area contributed by atoms with Crippen LogP contribution in [-0.2, 0) is 16.1 Å². The van der Waals surface area contributed by atoms with Gasteiger partial charge in [0.25, 0.3) is 0 Å². The number of hydrogen-bond donors (Lipinski definition) is 1. The van der Waals surface area contributed by atoms with E-state index in [1.54, 1.807) is 0 Å². The molecular formula is C14H18BrNO2. The van der Waals surface area contributed by atoms with Crippen LogP contribution in [0.1, 0.15) is 25.3 Å². The van der Waals surface area contributed by atoms with Crippen molar-refractivity contribution < 1.29 is 9.53 Å². The van der Waals surface area contributed by atoms with Crippen molar-refractivity contribution in [2.75, 3.05) is 13.1 Å². The third-order valence-corrected chi connectivity index (χ3v) is 3.90. The molecule has 0 aliphatic carbocycles. The molecule has 1 N–H and O–H groups in total. The Morgan fingerprint density at radius 3 is 2.78 bits per heavy atom. The summed E-state index contributed by atoms with van der Waals surface area (Å²) in [6, 6.07) is 7.82. The van der Waals surface area contributed by atoms with Gasteiger partial charge in [-0.2, -0.15) is 0 Å². The third kappa shape index (κ3) is 3.33. The lowest BCUT2D eigenvalue weighted by Gasteiger charge is -2.31. The van der Waals surface area contributed by atoms with E-state index in [0.29, 0.717) is 13.2 Å². The first-order valence-corrected chi connectivity index (χ1v) is 7.02. The van der Waals surface area contributed by atoms with Crippen LogP contribution < -0.4 is 5.32 Å². The van der Waals surface area contributed by atoms with E-state index in [9.17, 15) is 4.79 Å². The molecule has 0 bridgehead atoms. The smallest absolute Gasteiger partial charge is 0.313 e. The minimum atomic E-state index is -0.367. The van der Waals surface area contributed by atoms with E-state index in [-0.39, 0.29) is 11.4 Å². The molecule has 1 fully saturated rings. The van der Waals surface area contributed by atoms with Gasteiger partial charge in [-0.25, -0.2) is 0 Å². The zero-order valence-electron chi connectivity index (χ0n) is 10.5. The number of hydrogen-bond acceptors (Lipinski definition) is 3. The monoisotopic (exact) mass is 311 g/mol. The van der Waals surface area contributed by atoms with Crippen LogP contribution in [0.15, 0.2) is 28.7 Å². The van der Waals surface area contributed by atoms with Crippen LogP contribution in [0.5, 0.6) is 0 Å². The zero-order chi connectivity index (χ0) is 13.0. The highest BCUT2D eigenvalue weighted by atomic mass is 79.9. The van der Waals surface area contributed by atoms with Crippen LogP contribution in [0.2, 0.25) is 0 Å². The molecule has 1 unspecified atom stereocenters. The average molecular weight is 312 g/mol. The Morgan fingerprint density at radius 2 is 2.17 bits per heavy atom. The number of nitrogens with one attached hydrogen (secondary N) is 1. The van der Waals surface area contributed by atoms with Gasteiger partial charge in [0, 0.05) is 11.0 Å². The summed E-state index contributed by atoms with van der Waals surface area (Å²) in [7, 11) is 0. The summed E-state index contributed by atoms with van der Waals surface area (Å²) in [4.78, 5) is 12.1. The van der Waals surface area contributed by atoms with E-state index < -0.39 is 0 Å². The highest BCUT2D eigenvalue weighted by Crippen LogP contribution is 2.27. The molecule has 3 nitrogen and oxygen atoms in total. The van der Waals surface area contributed by atoms with Crippen molar-refractivity contribution in [3.05, 3.63) is 34.3 Å². The predicted molar refractivity (Wildman–Crippen MR) is 74.1 cm³/mol. The highest BCUT2D eigenvalue weighted by Gasteiger charge is 2.36. The van der Waals surface area contributed by atoms with E-state index in [2.05, 4.69) is 21.2 Å². The number of benzene rings is 1. The summed E-state index contributed by atoms with van der Waals surface area (Å²) in [5.74, 6) is -0.0994. The number of ether oxygens (including phenoxy) is 1. The first-order chi connectivity index (χ1) is 8.60. The van der Waals surface area contributed by atoms with E-state index in [1.807, 2.05) is 31.2 Å². The fraction of sp³-hybridized carbons (Fsp3) is 0.500.